The predicted octanol–water partition coefficient (Wildman–Crippen LogP) is 3.49. The molecule has 1 aliphatic heterocycles. The highest BCUT2D eigenvalue weighted by atomic mass is 16.4. The largest absolute Gasteiger partial charge is 0.444 e. The lowest BCUT2D eigenvalue weighted by atomic mass is 10.2. The zero-order valence-electron chi connectivity index (χ0n) is 15.1. The monoisotopic (exact) mass is 331 g/mol. The van der Waals surface area contributed by atoms with Gasteiger partial charge in [0, 0.05) is 19.4 Å². The van der Waals surface area contributed by atoms with E-state index in [0.717, 1.165) is 61.2 Å². The van der Waals surface area contributed by atoms with Gasteiger partial charge in [-0.1, -0.05) is 20.3 Å². The Labute approximate surface area is 144 Å². The number of nitrogens with one attached hydrogen (secondary N) is 1. The van der Waals surface area contributed by atoms with Gasteiger partial charge in [-0.3, -0.25) is 0 Å². The first-order valence-electron chi connectivity index (χ1n) is 9.33. The van der Waals surface area contributed by atoms with E-state index in [2.05, 4.69) is 38.9 Å². The first-order chi connectivity index (χ1) is 11.7. The number of hydrogen-bond donors (Lipinski definition) is 1. The summed E-state index contributed by atoms with van der Waals surface area (Å²) in [5, 5.41) is 12.5. The third kappa shape index (κ3) is 3.69. The maximum absolute atomic E-state index is 5.88. The number of nitrogens with zero attached hydrogens (tertiary/aromatic N) is 4. The van der Waals surface area contributed by atoms with Crippen LogP contribution >= 0.6 is 0 Å². The second-order valence-electron chi connectivity index (χ2n) is 6.64. The topological polar surface area (TPSA) is 68.8 Å². The molecule has 1 atom stereocenters. The molecule has 1 N–H and O–H groups in total. The predicted molar refractivity (Wildman–Crippen MR) is 92.7 cm³/mol. The first kappa shape index (κ1) is 17.1. The SMILES string of the molecule is CCCc1nc(C)c(CNC(CC)c2nnc3n2CCCCC3)o1. The summed E-state index contributed by atoms with van der Waals surface area (Å²) in [6.07, 6.45) is 7.70. The molecule has 3 rings (SSSR count). The molecule has 0 bridgehead atoms. The van der Waals surface area contributed by atoms with Crippen LogP contribution in [0.2, 0.25) is 0 Å². The van der Waals surface area contributed by atoms with Crippen molar-refractivity contribution in [3.63, 3.8) is 0 Å². The van der Waals surface area contributed by atoms with Gasteiger partial charge in [0.1, 0.15) is 17.4 Å². The molecule has 0 radical (unpaired) electrons. The Bertz CT molecular complexity index is 660. The van der Waals surface area contributed by atoms with Crippen LogP contribution in [0.4, 0.5) is 0 Å². The number of rotatable bonds is 7. The lowest BCUT2D eigenvalue weighted by Crippen LogP contribution is -2.24. The minimum atomic E-state index is 0.198. The number of oxazole rings is 1. The van der Waals surface area contributed by atoms with Crippen LogP contribution in [-0.2, 0) is 25.9 Å². The van der Waals surface area contributed by atoms with Gasteiger partial charge >= 0.3 is 0 Å². The molecule has 1 aliphatic rings. The van der Waals surface area contributed by atoms with Crippen molar-refractivity contribution in [2.45, 2.75) is 84.8 Å². The molecule has 0 saturated carbocycles. The summed E-state index contributed by atoms with van der Waals surface area (Å²) in [5.74, 6) is 3.99. The zero-order valence-corrected chi connectivity index (χ0v) is 15.1. The van der Waals surface area contributed by atoms with Gasteiger partial charge in [0.15, 0.2) is 5.89 Å². The van der Waals surface area contributed by atoms with Gasteiger partial charge in [-0.25, -0.2) is 4.98 Å². The Morgan fingerprint density at radius 3 is 2.88 bits per heavy atom. The summed E-state index contributed by atoms with van der Waals surface area (Å²) in [6.45, 7) is 8.07. The highest BCUT2D eigenvalue weighted by molar-refractivity contribution is 5.09. The number of fused-ring (bicyclic) bond motifs is 1. The van der Waals surface area contributed by atoms with Gasteiger partial charge < -0.3 is 14.3 Å². The summed E-state index contributed by atoms with van der Waals surface area (Å²) in [4.78, 5) is 4.51. The van der Waals surface area contributed by atoms with Crippen LogP contribution in [0.25, 0.3) is 0 Å². The summed E-state index contributed by atoms with van der Waals surface area (Å²) >= 11 is 0. The summed E-state index contributed by atoms with van der Waals surface area (Å²) in [5.41, 5.74) is 0.987. The van der Waals surface area contributed by atoms with Crippen molar-refractivity contribution in [2.75, 3.05) is 0 Å². The summed E-state index contributed by atoms with van der Waals surface area (Å²) in [6, 6.07) is 0.198. The molecule has 0 fully saturated rings. The van der Waals surface area contributed by atoms with Crippen molar-refractivity contribution in [1.29, 1.82) is 0 Å². The Morgan fingerprint density at radius 1 is 1.21 bits per heavy atom. The van der Waals surface area contributed by atoms with E-state index in [1.54, 1.807) is 0 Å². The van der Waals surface area contributed by atoms with Crippen LogP contribution < -0.4 is 5.32 Å². The molecular weight excluding hydrogens is 302 g/mol. The van der Waals surface area contributed by atoms with Crippen molar-refractivity contribution >= 4 is 0 Å². The summed E-state index contributed by atoms with van der Waals surface area (Å²) in [7, 11) is 0. The Balaban J connectivity index is 1.70. The van der Waals surface area contributed by atoms with E-state index in [1.807, 2.05) is 6.92 Å². The molecular formula is C18H29N5O. The third-order valence-corrected chi connectivity index (χ3v) is 4.77. The molecule has 0 aliphatic carbocycles. The standard InChI is InChI=1S/C18H29N5O/c1-4-9-17-20-13(3)15(24-17)12-19-14(5-2)18-22-21-16-10-7-6-8-11-23(16)18/h14,19H,4-12H2,1-3H3. The van der Waals surface area contributed by atoms with E-state index < -0.39 is 0 Å². The zero-order chi connectivity index (χ0) is 16.9. The van der Waals surface area contributed by atoms with Gasteiger partial charge in [0.05, 0.1) is 18.3 Å². The van der Waals surface area contributed by atoms with Gasteiger partial charge in [0.25, 0.3) is 0 Å². The van der Waals surface area contributed by atoms with Crippen LogP contribution in [0.1, 0.15) is 81.0 Å². The highest BCUT2D eigenvalue weighted by Gasteiger charge is 2.21. The fourth-order valence-electron chi connectivity index (χ4n) is 3.37. The molecule has 2 aromatic rings. The average molecular weight is 331 g/mol. The molecule has 3 heterocycles. The average Bonchev–Trinajstić information content (AvgIpc) is 3.04. The fourth-order valence-corrected chi connectivity index (χ4v) is 3.37. The molecule has 6 nitrogen and oxygen atoms in total. The molecule has 2 aromatic heterocycles. The van der Waals surface area contributed by atoms with Crippen molar-refractivity contribution < 1.29 is 4.42 Å². The third-order valence-electron chi connectivity index (χ3n) is 4.77. The van der Waals surface area contributed by atoms with E-state index >= 15 is 0 Å². The number of aromatic nitrogens is 4. The minimum Gasteiger partial charge on any atom is -0.444 e. The normalized spacial score (nSPS) is 16.0. The fraction of sp³-hybridized carbons (Fsp3) is 0.722. The molecule has 24 heavy (non-hydrogen) atoms. The van der Waals surface area contributed by atoms with Crippen LogP contribution in [0.5, 0.6) is 0 Å². The molecule has 0 amide bonds. The van der Waals surface area contributed by atoms with Crippen LogP contribution in [0, 0.1) is 6.92 Å². The van der Waals surface area contributed by atoms with Crippen molar-refractivity contribution in [1.82, 2.24) is 25.1 Å². The Morgan fingerprint density at radius 2 is 2.08 bits per heavy atom. The first-order valence-corrected chi connectivity index (χ1v) is 9.33. The Hall–Kier alpha value is -1.69. The lowest BCUT2D eigenvalue weighted by Gasteiger charge is -2.17. The highest BCUT2D eigenvalue weighted by Crippen LogP contribution is 2.22. The van der Waals surface area contributed by atoms with E-state index in [0.29, 0.717) is 6.54 Å². The van der Waals surface area contributed by atoms with E-state index in [4.69, 9.17) is 4.42 Å². The van der Waals surface area contributed by atoms with Crippen LogP contribution in [0.15, 0.2) is 4.42 Å². The van der Waals surface area contributed by atoms with E-state index in [-0.39, 0.29) is 6.04 Å². The molecule has 0 saturated heterocycles. The van der Waals surface area contributed by atoms with E-state index in [9.17, 15) is 0 Å². The molecule has 132 valence electrons. The number of aryl methyl sites for hydroxylation is 3. The van der Waals surface area contributed by atoms with Crippen LogP contribution in [-0.4, -0.2) is 19.7 Å². The molecule has 0 aromatic carbocycles. The second kappa shape index (κ2) is 7.92. The molecule has 6 heteroatoms. The van der Waals surface area contributed by atoms with Gasteiger partial charge in [0.2, 0.25) is 0 Å². The van der Waals surface area contributed by atoms with Crippen molar-refractivity contribution in [3.05, 3.63) is 29.0 Å². The quantitative estimate of drug-likeness (QED) is 0.841. The van der Waals surface area contributed by atoms with Crippen molar-refractivity contribution in [3.8, 4) is 0 Å². The minimum absolute atomic E-state index is 0.198. The second-order valence-corrected chi connectivity index (χ2v) is 6.64. The van der Waals surface area contributed by atoms with E-state index in [1.165, 1.54) is 19.3 Å². The van der Waals surface area contributed by atoms with Crippen molar-refractivity contribution in [2.24, 2.45) is 0 Å². The maximum atomic E-state index is 5.88. The van der Waals surface area contributed by atoms with Gasteiger partial charge in [-0.05, 0) is 32.6 Å². The molecule has 1 unspecified atom stereocenters. The Kier molecular flexibility index (Phi) is 5.66. The molecule has 0 spiro atoms. The maximum Gasteiger partial charge on any atom is 0.194 e. The smallest absolute Gasteiger partial charge is 0.194 e. The van der Waals surface area contributed by atoms with Gasteiger partial charge in [-0.15, -0.1) is 10.2 Å². The van der Waals surface area contributed by atoms with Crippen LogP contribution in [0.3, 0.4) is 0 Å². The summed E-state index contributed by atoms with van der Waals surface area (Å²) < 4.78 is 8.21. The van der Waals surface area contributed by atoms with Gasteiger partial charge in [-0.2, -0.15) is 0 Å². The number of hydrogen-bond acceptors (Lipinski definition) is 5. The lowest BCUT2D eigenvalue weighted by molar-refractivity contribution is 0.400.